The number of benzene rings is 2. The SMILES string of the molecule is COC(=O)Nc1nc2ccc(C(=O)NCc3ccccc3)cc2[nH]1. The molecule has 7 nitrogen and oxygen atoms in total. The Kier molecular flexibility index (Phi) is 4.42. The van der Waals surface area contributed by atoms with Gasteiger partial charge in [-0.1, -0.05) is 30.3 Å². The van der Waals surface area contributed by atoms with Crippen molar-refractivity contribution in [3.05, 3.63) is 59.7 Å². The van der Waals surface area contributed by atoms with E-state index in [-0.39, 0.29) is 11.9 Å². The third-order valence-electron chi connectivity index (χ3n) is 3.45. The Bertz CT molecular complexity index is 874. The number of carbonyl (C=O) groups excluding carboxylic acids is 2. The summed E-state index contributed by atoms with van der Waals surface area (Å²) in [5.74, 6) is 0.0801. The number of nitrogens with zero attached hydrogens (tertiary/aromatic N) is 1. The van der Waals surface area contributed by atoms with Crippen LogP contribution in [0.3, 0.4) is 0 Å². The zero-order valence-electron chi connectivity index (χ0n) is 13.0. The lowest BCUT2D eigenvalue weighted by Gasteiger charge is -2.05. The molecule has 2 aromatic carbocycles. The fourth-order valence-electron chi connectivity index (χ4n) is 2.24. The van der Waals surface area contributed by atoms with Gasteiger partial charge in [0.15, 0.2) is 0 Å². The highest BCUT2D eigenvalue weighted by Crippen LogP contribution is 2.16. The number of carbonyl (C=O) groups is 2. The van der Waals surface area contributed by atoms with Gasteiger partial charge >= 0.3 is 6.09 Å². The summed E-state index contributed by atoms with van der Waals surface area (Å²) >= 11 is 0. The van der Waals surface area contributed by atoms with Crippen LogP contribution in [0.1, 0.15) is 15.9 Å². The molecule has 1 heterocycles. The topological polar surface area (TPSA) is 96.1 Å². The van der Waals surface area contributed by atoms with Gasteiger partial charge in [-0.3, -0.25) is 10.1 Å². The summed E-state index contributed by atoms with van der Waals surface area (Å²) in [6.45, 7) is 0.454. The van der Waals surface area contributed by atoms with Gasteiger partial charge in [0.05, 0.1) is 18.1 Å². The Labute approximate surface area is 138 Å². The first kappa shape index (κ1) is 15.5. The molecule has 0 spiro atoms. The zero-order chi connectivity index (χ0) is 16.9. The van der Waals surface area contributed by atoms with E-state index in [2.05, 4.69) is 25.3 Å². The van der Waals surface area contributed by atoms with Gasteiger partial charge in [-0.15, -0.1) is 0 Å². The van der Waals surface area contributed by atoms with Gasteiger partial charge in [0.2, 0.25) is 5.95 Å². The number of nitrogens with one attached hydrogen (secondary N) is 3. The van der Waals surface area contributed by atoms with Gasteiger partial charge < -0.3 is 15.0 Å². The molecule has 0 saturated carbocycles. The second-order valence-electron chi connectivity index (χ2n) is 5.10. The largest absolute Gasteiger partial charge is 0.453 e. The maximum atomic E-state index is 12.3. The number of hydrogen-bond donors (Lipinski definition) is 3. The summed E-state index contributed by atoms with van der Waals surface area (Å²) in [7, 11) is 1.27. The Morgan fingerprint density at radius 3 is 2.71 bits per heavy atom. The lowest BCUT2D eigenvalue weighted by molar-refractivity contribution is 0.0951. The van der Waals surface area contributed by atoms with Gasteiger partial charge in [0.1, 0.15) is 0 Å². The van der Waals surface area contributed by atoms with Crippen LogP contribution in [0.2, 0.25) is 0 Å². The molecular formula is C17H16N4O3. The summed E-state index contributed by atoms with van der Waals surface area (Å²) in [6, 6.07) is 14.8. The Morgan fingerprint density at radius 2 is 1.96 bits per heavy atom. The van der Waals surface area contributed by atoms with E-state index >= 15 is 0 Å². The number of anilines is 1. The highest BCUT2D eigenvalue weighted by molar-refractivity contribution is 5.97. The fourth-order valence-corrected chi connectivity index (χ4v) is 2.24. The average molecular weight is 324 g/mol. The Balaban J connectivity index is 1.72. The molecule has 7 heteroatoms. The molecule has 24 heavy (non-hydrogen) atoms. The quantitative estimate of drug-likeness (QED) is 0.687. The molecule has 0 aliphatic rings. The maximum absolute atomic E-state index is 12.3. The van der Waals surface area contributed by atoms with E-state index in [9.17, 15) is 9.59 Å². The van der Waals surface area contributed by atoms with Crippen LogP contribution in [-0.4, -0.2) is 29.1 Å². The number of amides is 2. The summed E-state index contributed by atoms with van der Waals surface area (Å²) in [5.41, 5.74) is 2.82. The molecule has 0 aliphatic carbocycles. The van der Waals surface area contributed by atoms with Crippen molar-refractivity contribution < 1.29 is 14.3 Å². The minimum absolute atomic E-state index is 0.183. The van der Waals surface area contributed by atoms with E-state index in [0.29, 0.717) is 23.1 Å². The number of imidazole rings is 1. The number of rotatable bonds is 4. The second kappa shape index (κ2) is 6.82. The molecular weight excluding hydrogens is 308 g/mol. The van der Waals surface area contributed by atoms with Crippen molar-refractivity contribution in [1.29, 1.82) is 0 Å². The van der Waals surface area contributed by atoms with Crippen molar-refractivity contribution in [2.45, 2.75) is 6.54 Å². The smallest absolute Gasteiger partial charge is 0.413 e. The second-order valence-corrected chi connectivity index (χ2v) is 5.10. The molecule has 122 valence electrons. The van der Waals surface area contributed by atoms with E-state index in [1.165, 1.54) is 7.11 Å². The molecule has 0 aliphatic heterocycles. The van der Waals surface area contributed by atoms with Crippen LogP contribution in [-0.2, 0) is 11.3 Å². The summed E-state index contributed by atoms with van der Waals surface area (Å²) < 4.78 is 4.51. The van der Waals surface area contributed by atoms with Crippen LogP contribution in [0.5, 0.6) is 0 Å². The first-order chi connectivity index (χ1) is 11.7. The predicted octanol–water partition coefficient (Wildman–Crippen LogP) is 2.67. The molecule has 2 amide bonds. The van der Waals surface area contributed by atoms with Crippen molar-refractivity contribution >= 4 is 29.0 Å². The van der Waals surface area contributed by atoms with Crippen LogP contribution >= 0.6 is 0 Å². The first-order valence-corrected chi connectivity index (χ1v) is 7.32. The summed E-state index contributed by atoms with van der Waals surface area (Å²) in [4.78, 5) is 30.6. The minimum atomic E-state index is -0.616. The van der Waals surface area contributed by atoms with E-state index in [1.54, 1.807) is 18.2 Å². The molecule has 3 rings (SSSR count). The molecule has 0 radical (unpaired) electrons. The average Bonchev–Trinajstić information content (AvgIpc) is 3.01. The van der Waals surface area contributed by atoms with Crippen molar-refractivity contribution in [1.82, 2.24) is 15.3 Å². The van der Waals surface area contributed by atoms with Crippen molar-refractivity contribution in [2.24, 2.45) is 0 Å². The number of aromatic amines is 1. The summed E-state index contributed by atoms with van der Waals surface area (Å²) in [5, 5.41) is 5.31. The van der Waals surface area contributed by atoms with Crippen LogP contribution in [0.4, 0.5) is 10.7 Å². The third-order valence-corrected chi connectivity index (χ3v) is 3.45. The number of aromatic nitrogens is 2. The molecule has 0 unspecified atom stereocenters. The molecule has 0 bridgehead atoms. The van der Waals surface area contributed by atoms with Gasteiger partial charge in [-0.2, -0.15) is 0 Å². The van der Waals surface area contributed by atoms with E-state index in [4.69, 9.17) is 0 Å². The number of H-pyrrole nitrogens is 1. The van der Waals surface area contributed by atoms with Gasteiger partial charge in [0.25, 0.3) is 5.91 Å². The number of methoxy groups -OCH3 is 1. The lowest BCUT2D eigenvalue weighted by atomic mass is 10.1. The van der Waals surface area contributed by atoms with Gasteiger partial charge in [0, 0.05) is 12.1 Å². The normalized spacial score (nSPS) is 10.4. The Hall–Kier alpha value is -3.35. The lowest BCUT2D eigenvalue weighted by Crippen LogP contribution is -2.22. The van der Waals surface area contributed by atoms with Crippen molar-refractivity contribution in [2.75, 3.05) is 12.4 Å². The van der Waals surface area contributed by atoms with E-state index in [1.807, 2.05) is 30.3 Å². The molecule has 0 saturated heterocycles. The van der Waals surface area contributed by atoms with Crippen LogP contribution in [0, 0.1) is 0 Å². The zero-order valence-corrected chi connectivity index (χ0v) is 13.0. The standard InChI is InChI=1S/C17H16N4O3/c1-24-17(23)21-16-19-13-8-7-12(9-14(13)20-16)15(22)18-10-11-5-3-2-4-6-11/h2-9H,10H2,1H3,(H,18,22)(H2,19,20,21,23). The van der Waals surface area contributed by atoms with Crippen molar-refractivity contribution in [3.63, 3.8) is 0 Å². The van der Waals surface area contributed by atoms with Gasteiger partial charge in [-0.05, 0) is 23.8 Å². The highest BCUT2D eigenvalue weighted by atomic mass is 16.5. The van der Waals surface area contributed by atoms with E-state index in [0.717, 1.165) is 5.56 Å². The molecule has 3 aromatic rings. The predicted molar refractivity (Wildman–Crippen MR) is 89.7 cm³/mol. The third kappa shape index (κ3) is 3.52. The fraction of sp³-hybridized carbons (Fsp3) is 0.118. The van der Waals surface area contributed by atoms with Crippen molar-refractivity contribution in [3.8, 4) is 0 Å². The number of ether oxygens (including phenoxy) is 1. The van der Waals surface area contributed by atoms with Crippen LogP contribution < -0.4 is 10.6 Å². The summed E-state index contributed by atoms with van der Waals surface area (Å²) in [6.07, 6.45) is -0.616. The molecule has 0 fully saturated rings. The number of fused-ring (bicyclic) bond motifs is 1. The monoisotopic (exact) mass is 324 g/mol. The van der Waals surface area contributed by atoms with Gasteiger partial charge in [-0.25, -0.2) is 9.78 Å². The maximum Gasteiger partial charge on any atom is 0.413 e. The highest BCUT2D eigenvalue weighted by Gasteiger charge is 2.10. The molecule has 3 N–H and O–H groups in total. The number of hydrogen-bond acceptors (Lipinski definition) is 4. The first-order valence-electron chi connectivity index (χ1n) is 7.32. The van der Waals surface area contributed by atoms with Crippen LogP contribution in [0.15, 0.2) is 48.5 Å². The van der Waals surface area contributed by atoms with E-state index < -0.39 is 6.09 Å². The molecule has 0 atom stereocenters. The molecule has 1 aromatic heterocycles. The minimum Gasteiger partial charge on any atom is -0.453 e. The Morgan fingerprint density at radius 1 is 1.17 bits per heavy atom. The van der Waals surface area contributed by atoms with Crippen LogP contribution in [0.25, 0.3) is 11.0 Å².